The average molecular weight is 376 g/mol. The van der Waals surface area contributed by atoms with E-state index in [1.807, 2.05) is 29.1 Å². The van der Waals surface area contributed by atoms with Gasteiger partial charge in [0.25, 0.3) is 0 Å². The summed E-state index contributed by atoms with van der Waals surface area (Å²) in [7, 11) is 0. The second kappa shape index (κ2) is 7.30. The zero-order valence-electron chi connectivity index (χ0n) is 13.2. The highest BCUT2D eigenvalue weighted by Crippen LogP contribution is 2.41. The van der Waals surface area contributed by atoms with Crippen LogP contribution in [0, 0.1) is 0 Å². The first kappa shape index (κ1) is 16.2. The minimum atomic E-state index is -0.341. The van der Waals surface area contributed by atoms with Crippen molar-refractivity contribution in [3.8, 4) is 0 Å². The van der Waals surface area contributed by atoms with Gasteiger partial charge in [0.2, 0.25) is 5.91 Å². The fourth-order valence-electron chi connectivity index (χ4n) is 3.44. The molecule has 4 nitrogen and oxygen atoms in total. The smallest absolute Gasteiger partial charge is 0.230 e. The normalized spacial score (nSPS) is 16.4. The van der Waals surface area contributed by atoms with Crippen LogP contribution in [-0.4, -0.2) is 22.2 Å². The summed E-state index contributed by atoms with van der Waals surface area (Å²) in [6.45, 7) is 1.52. The number of aryl methyl sites for hydroxylation is 1. The number of hydrogen-bond donors (Lipinski definition) is 1. The molecular formula is C18H22BrN3O. The molecular weight excluding hydrogens is 354 g/mol. The summed E-state index contributed by atoms with van der Waals surface area (Å²) < 4.78 is 2.95. The molecule has 23 heavy (non-hydrogen) atoms. The highest BCUT2D eigenvalue weighted by molar-refractivity contribution is 9.10. The van der Waals surface area contributed by atoms with Gasteiger partial charge in [0.15, 0.2) is 0 Å². The predicted octanol–water partition coefficient (Wildman–Crippen LogP) is 3.66. The lowest BCUT2D eigenvalue weighted by atomic mass is 9.78. The van der Waals surface area contributed by atoms with Crippen molar-refractivity contribution >= 4 is 21.8 Å². The fraction of sp³-hybridized carbons (Fsp3) is 0.444. The highest BCUT2D eigenvalue weighted by Gasteiger charge is 2.42. The Morgan fingerprint density at radius 1 is 1.26 bits per heavy atom. The molecule has 1 amide bonds. The molecule has 0 unspecified atom stereocenters. The monoisotopic (exact) mass is 375 g/mol. The number of hydrogen-bond acceptors (Lipinski definition) is 2. The maximum absolute atomic E-state index is 12.9. The third-order valence-electron chi connectivity index (χ3n) is 4.70. The molecule has 122 valence electrons. The summed E-state index contributed by atoms with van der Waals surface area (Å²) in [5.74, 6) is 0.179. The summed E-state index contributed by atoms with van der Waals surface area (Å²) in [5.41, 5.74) is 0.801. The molecule has 5 heteroatoms. The van der Waals surface area contributed by atoms with Crippen molar-refractivity contribution in [1.29, 1.82) is 0 Å². The third-order valence-corrected chi connectivity index (χ3v) is 5.23. The van der Waals surface area contributed by atoms with Crippen LogP contribution in [-0.2, 0) is 16.8 Å². The van der Waals surface area contributed by atoms with E-state index in [4.69, 9.17) is 0 Å². The number of rotatable bonds is 6. The van der Waals surface area contributed by atoms with Gasteiger partial charge in [-0.25, -0.2) is 0 Å². The van der Waals surface area contributed by atoms with E-state index in [1.165, 1.54) is 0 Å². The number of benzene rings is 1. The van der Waals surface area contributed by atoms with Crippen molar-refractivity contribution in [2.45, 2.75) is 44.1 Å². The van der Waals surface area contributed by atoms with Gasteiger partial charge in [0, 0.05) is 30.0 Å². The number of carbonyl (C=O) groups excluding carboxylic acids is 1. The summed E-state index contributed by atoms with van der Waals surface area (Å²) >= 11 is 3.47. The van der Waals surface area contributed by atoms with E-state index >= 15 is 0 Å². The Labute approximate surface area is 145 Å². The molecule has 1 N–H and O–H groups in total. The zero-order chi connectivity index (χ0) is 16.1. The van der Waals surface area contributed by atoms with Crippen LogP contribution >= 0.6 is 15.9 Å². The third kappa shape index (κ3) is 3.66. The van der Waals surface area contributed by atoms with Crippen molar-refractivity contribution in [2.24, 2.45) is 0 Å². The minimum absolute atomic E-state index is 0.179. The Balaban J connectivity index is 1.61. The van der Waals surface area contributed by atoms with E-state index < -0.39 is 0 Å². The van der Waals surface area contributed by atoms with Gasteiger partial charge >= 0.3 is 0 Å². The molecule has 1 fully saturated rings. The van der Waals surface area contributed by atoms with Gasteiger partial charge in [-0.3, -0.25) is 9.48 Å². The van der Waals surface area contributed by atoms with E-state index in [0.29, 0.717) is 6.54 Å². The summed E-state index contributed by atoms with van der Waals surface area (Å²) in [6.07, 6.45) is 8.75. The number of carbonyl (C=O) groups is 1. The second-order valence-electron chi connectivity index (χ2n) is 6.17. The Hall–Kier alpha value is -1.62. The number of nitrogens with one attached hydrogen (secondary N) is 1. The number of nitrogens with zero attached hydrogens (tertiary/aromatic N) is 2. The molecule has 1 saturated carbocycles. The largest absolute Gasteiger partial charge is 0.355 e. The van der Waals surface area contributed by atoms with E-state index in [-0.39, 0.29) is 11.3 Å². The molecule has 1 aliphatic carbocycles. The lowest BCUT2D eigenvalue weighted by Gasteiger charge is -2.28. The molecule has 1 aliphatic rings. The molecule has 0 radical (unpaired) electrons. The van der Waals surface area contributed by atoms with Crippen molar-refractivity contribution in [3.05, 3.63) is 52.8 Å². The summed E-state index contributed by atoms with van der Waals surface area (Å²) in [4.78, 5) is 12.9. The van der Waals surface area contributed by atoms with Crippen molar-refractivity contribution in [2.75, 3.05) is 6.54 Å². The lowest BCUT2D eigenvalue weighted by Crippen LogP contribution is -2.43. The molecule has 2 aromatic rings. The fourth-order valence-corrected chi connectivity index (χ4v) is 3.70. The van der Waals surface area contributed by atoms with Gasteiger partial charge in [-0.1, -0.05) is 40.9 Å². The van der Waals surface area contributed by atoms with E-state index in [9.17, 15) is 4.79 Å². The van der Waals surface area contributed by atoms with Gasteiger partial charge in [0.05, 0.1) is 5.41 Å². The van der Waals surface area contributed by atoms with Crippen LogP contribution < -0.4 is 5.32 Å². The number of amides is 1. The summed E-state index contributed by atoms with van der Waals surface area (Å²) in [6, 6.07) is 10.1. The molecule has 0 aliphatic heterocycles. The number of halogens is 1. The molecule has 0 spiro atoms. The SMILES string of the molecule is O=C(NCCCn1cccn1)C1(c2ccc(Br)cc2)CCCC1. The molecule has 3 rings (SSSR count). The maximum atomic E-state index is 12.9. The van der Waals surface area contributed by atoms with Gasteiger partial charge in [-0.2, -0.15) is 5.10 Å². The van der Waals surface area contributed by atoms with Crippen LogP contribution in [0.1, 0.15) is 37.7 Å². The molecule has 0 saturated heterocycles. The van der Waals surface area contributed by atoms with Gasteiger partial charge in [-0.15, -0.1) is 0 Å². The van der Waals surface area contributed by atoms with Gasteiger partial charge in [0.1, 0.15) is 0 Å². The van der Waals surface area contributed by atoms with E-state index in [2.05, 4.69) is 38.5 Å². The van der Waals surface area contributed by atoms with Crippen LogP contribution in [0.2, 0.25) is 0 Å². The van der Waals surface area contributed by atoms with Gasteiger partial charge < -0.3 is 5.32 Å². The topological polar surface area (TPSA) is 46.9 Å². The van der Waals surface area contributed by atoms with Gasteiger partial charge in [-0.05, 0) is 43.0 Å². The Kier molecular flexibility index (Phi) is 5.16. The van der Waals surface area contributed by atoms with Crippen LogP contribution in [0.3, 0.4) is 0 Å². The molecule has 1 heterocycles. The van der Waals surface area contributed by atoms with Crippen LogP contribution in [0.4, 0.5) is 0 Å². The number of aromatic nitrogens is 2. The Morgan fingerprint density at radius 2 is 2.00 bits per heavy atom. The molecule has 0 atom stereocenters. The highest BCUT2D eigenvalue weighted by atomic mass is 79.9. The first-order chi connectivity index (χ1) is 11.2. The molecule has 1 aromatic carbocycles. The van der Waals surface area contributed by atoms with Crippen LogP contribution in [0.25, 0.3) is 0 Å². The molecule has 0 bridgehead atoms. The van der Waals surface area contributed by atoms with Crippen LogP contribution in [0.15, 0.2) is 47.2 Å². The lowest BCUT2D eigenvalue weighted by molar-refractivity contribution is -0.126. The maximum Gasteiger partial charge on any atom is 0.230 e. The predicted molar refractivity (Wildman–Crippen MR) is 94.1 cm³/mol. The quantitative estimate of drug-likeness (QED) is 0.783. The Morgan fingerprint density at radius 3 is 2.65 bits per heavy atom. The van der Waals surface area contributed by atoms with Crippen molar-refractivity contribution < 1.29 is 4.79 Å². The van der Waals surface area contributed by atoms with Crippen molar-refractivity contribution in [1.82, 2.24) is 15.1 Å². The first-order valence-electron chi connectivity index (χ1n) is 8.22. The zero-order valence-corrected chi connectivity index (χ0v) is 14.8. The van der Waals surface area contributed by atoms with E-state index in [0.717, 1.165) is 48.7 Å². The minimum Gasteiger partial charge on any atom is -0.355 e. The van der Waals surface area contributed by atoms with Crippen molar-refractivity contribution in [3.63, 3.8) is 0 Å². The standard InChI is InChI=1S/C18H22BrN3O/c19-16-7-5-15(6-8-16)18(9-1-2-10-18)17(23)20-11-3-13-22-14-4-12-21-22/h4-8,12,14H,1-3,9-11,13H2,(H,20,23). The van der Waals surface area contributed by atoms with Crippen LogP contribution in [0.5, 0.6) is 0 Å². The average Bonchev–Trinajstić information content (AvgIpc) is 3.24. The second-order valence-corrected chi connectivity index (χ2v) is 7.09. The Bertz CT molecular complexity index is 631. The molecule has 1 aromatic heterocycles. The summed E-state index contributed by atoms with van der Waals surface area (Å²) in [5, 5.41) is 7.33. The first-order valence-corrected chi connectivity index (χ1v) is 9.02. The van der Waals surface area contributed by atoms with E-state index in [1.54, 1.807) is 6.20 Å².